The Morgan fingerprint density at radius 2 is 2.17 bits per heavy atom. The summed E-state index contributed by atoms with van der Waals surface area (Å²) >= 11 is 0. The van der Waals surface area contributed by atoms with E-state index in [1.807, 2.05) is 27.9 Å². The van der Waals surface area contributed by atoms with Gasteiger partial charge in [0.25, 0.3) is 5.91 Å². The minimum atomic E-state index is 0.0742. The summed E-state index contributed by atoms with van der Waals surface area (Å²) in [6.07, 6.45) is 9.32. The maximum absolute atomic E-state index is 12.6. The number of amides is 1. The monoisotopic (exact) mass is 325 g/mol. The number of hydrogen-bond acceptors (Lipinski definition) is 3. The minimum Gasteiger partial charge on any atom is -0.484 e. The molecule has 0 bridgehead atoms. The van der Waals surface area contributed by atoms with Crippen molar-refractivity contribution < 1.29 is 9.53 Å². The molecule has 1 fully saturated rings. The molecule has 0 spiro atoms. The molecule has 4 rings (SSSR count). The molecule has 0 saturated carbocycles. The lowest BCUT2D eigenvalue weighted by Gasteiger charge is -2.24. The number of fused-ring (bicyclic) bond motifs is 1. The van der Waals surface area contributed by atoms with E-state index in [-0.39, 0.29) is 18.6 Å². The molecule has 5 heteroatoms. The molecule has 1 aliphatic carbocycles. The summed E-state index contributed by atoms with van der Waals surface area (Å²) in [5.41, 5.74) is 2.80. The highest BCUT2D eigenvalue weighted by molar-refractivity contribution is 5.78. The van der Waals surface area contributed by atoms with E-state index in [1.54, 1.807) is 6.20 Å². The molecule has 0 radical (unpaired) electrons. The predicted octanol–water partition coefficient (Wildman–Crippen LogP) is 2.44. The maximum atomic E-state index is 12.6. The molecule has 2 heterocycles. The number of carbonyl (C=O) groups excluding carboxylic acids is 1. The molecule has 1 atom stereocenters. The number of carbonyl (C=O) groups is 1. The Labute approximate surface area is 142 Å². The van der Waals surface area contributed by atoms with Crippen LogP contribution in [0.5, 0.6) is 5.75 Å². The second kappa shape index (κ2) is 6.67. The molecule has 1 aromatic carbocycles. The molecule has 2 aliphatic rings. The van der Waals surface area contributed by atoms with Crippen LogP contribution in [0.1, 0.15) is 30.4 Å². The van der Waals surface area contributed by atoms with Gasteiger partial charge in [0.1, 0.15) is 5.75 Å². The van der Waals surface area contributed by atoms with Gasteiger partial charge < -0.3 is 9.64 Å². The summed E-state index contributed by atoms with van der Waals surface area (Å²) in [6.45, 7) is 1.70. The topological polar surface area (TPSA) is 47.4 Å². The van der Waals surface area contributed by atoms with E-state index in [0.717, 1.165) is 44.5 Å². The van der Waals surface area contributed by atoms with Gasteiger partial charge in [-0.15, -0.1) is 0 Å². The van der Waals surface area contributed by atoms with Crippen LogP contribution >= 0.6 is 0 Å². The van der Waals surface area contributed by atoms with Crippen LogP contribution in [-0.4, -0.2) is 39.8 Å². The number of ether oxygens (including phenoxy) is 1. The number of hydrogen-bond donors (Lipinski definition) is 0. The molecular weight excluding hydrogens is 302 g/mol. The van der Waals surface area contributed by atoms with Crippen molar-refractivity contribution in [2.75, 3.05) is 13.2 Å². The lowest BCUT2D eigenvalue weighted by atomic mass is 10.1. The quantitative estimate of drug-likeness (QED) is 0.848. The fourth-order valence-electron chi connectivity index (χ4n) is 3.84. The summed E-state index contributed by atoms with van der Waals surface area (Å²) in [5.74, 6) is 0.886. The van der Waals surface area contributed by atoms with Crippen molar-refractivity contribution in [3.05, 3.63) is 47.8 Å². The Kier molecular flexibility index (Phi) is 4.24. The van der Waals surface area contributed by atoms with Crippen LogP contribution in [0.15, 0.2) is 36.7 Å². The van der Waals surface area contributed by atoms with Crippen LogP contribution in [0, 0.1) is 0 Å². The van der Waals surface area contributed by atoms with Crippen molar-refractivity contribution in [3.8, 4) is 5.75 Å². The number of rotatable bonds is 5. The Morgan fingerprint density at radius 3 is 3.04 bits per heavy atom. The van der Waals surface area contributed by atoms with Crippen molar-refractivity contribution in [1.82, 2.24) is 14.7 Å². The highest BCUT2D eigenvalue weighted by Crippen LogP contribution is 2.26. The first-order valence-corrected chi connectivity index (χ1v) is 8.81. The molecule has 1 aromatic heterocycles. The lowest BCUT2D eigenvalue weighted by molar-refractivity contribution is -0.134. The van der Waals surface area contributed by atoms with Crippen LogP contribution in [0.25, 0.3) is 0 Å². The highest BCUT2D eigenvalue weighted by Gasteiger charge is 2.29. The van der Waals surface area contributed by atoms with Crippen molar-refractivity contribution in [2.24, 2.45) is 0 Å². The smallest absolute Gasteiger partial charge is 0.260 e. The van der Waals surface area contributed by atoms with Gasteiger partial charge in [0.2, 0.25) is 0 Å². The van der Waals surface area contributed by atoms with Crippen LogP contribution < -0.4 is 4.74 Å². The fourth-order valence-corrected chi connectivity index (χ4v) is 3.84. The first-order chi connectivity index (χ1) is 11.8. The number of aromatic nitrogens is 2. The second-order valence-electron chi connectivity index (χ2n) is 6.68. The zero-order chi connectivity index (χ0) is 16.4. The van der Waals surface area contributed by atoms with Gasteiger partial charge in [-0.3, -0.25) is 9.48 Å². The van der Waals surface area contributed by atoms with Crippen LogP contribution in [0.2, 0.25) is 0 Å². The van der Waals surface area contributed by atoms with E-state index in [9.17, 15) is 4.79 Å². The van der Waals surface area contributed by atoms with Crippen molar-refractivity contribution in [1.29, 1.82) is 0 Å². The summed E-state index contributed by atoms with van der Waals surface area (Å²) in [4.78, 5) is 14.5. The summed E-state index contributed by atoms with van der Waals surface area (Å²) in [6, 6.07) is 8.36. The highest BCUT2D eigenvalue weighted by atomic mass is 16.5. The summed E-state index contributed by atoms with van der Waals surface area (Å²) in [7, 11) is 0. The van der Waals surface area contributed by atoms with Gasteiger partial charge in [-0.25, -0.2) is 0 Å². The zero-order valence-corrected chi connectivity index (χ0v) is 13.9. The van der Waals surface area contributed by atoms with Crippen molar-refractivity contribution in [3.63, 3.8) is 0 Å². The van der Waals surface area contributed by atoms with Gasteiger partial charge in [0, 0.05) is 18.9 Å². The molecule has 126 valence electrons. The van der Waals surface area contributed by atoms with Crippen molar-refractivity contribution >= 4 is 5.91 Å². The number of likely N-dealkylation sites (tertiary alicyclic amines) is 1. The third-order valence-electron chi connectivity index (χ3n) is 5.09. The minimum absolute atomic E-state index is 0.0742. The first-order valence-electron chi connectivity index (χ1n) is 8.81. The van der Waals surface area contributed by atoms with E-state index < -0.39 is 0 Å². The van der Waals surface area contributed by atoms with E-state index >= 15 is 0 Å². The van der Waals surface area contributed by atoms with Crippen molar-refractivity contribution in [2.45, 2.75) is 44.7 Å². The Bertz CT molecular complexity index is 711. The molecule has 2 aromatic rings. The standard InChI is InChI=1S/C19H23N3O2/c23-19(14-24-18-8-7-15-4-1-5-16(15)12-18)22-11-2-6-17(22)13-21-10-3-9-20-21/h3,7-10,12,17H,1-2,4-6,11,13-14H2/t17-/m1/s1. The van der Waals surface area contributed by atoms with Gasteiger partial charge in [0.05, 0.1) is 12.6 Å². The van der Waals surface area contributed by atoms with E-state index in [2.05, 4.69) is 17.2 Å². The largest absolute Gasteiger partial charge is 0.484 e. The van der Waals surface area contributed by atoms with E-state index in [0.29, 0.717) is 0 Å². The second-order valence-corrected chi connectivity index (χ2v) is 6.68. The van der Waals surface area contributed by atoms with E-state index in [4.69, 9.17) is 4.74 Å². The Balaban J connectivity index is 1.35. The van der Waals surface area contributed by atoms with Crippen LogP contribution in [-0.2, 0) is 24.2 Å². The van der Waals surface area contributed by atoms with Gasteiger partial charge >= 0.3 is 0 Å². The van der Waals surface area contributed by atoms with Gasteiger partial charge in [-0.1, -0.05) is 6.07 Å². The molecule has 1 saturated heterocycles. The average Bonchev–Trinajstić information content (AvgIpc) is 3.34. The summed E-state index contributed by atoms with van der Waals surface area (Å²) in [5, 5.41) is 4.25. The van der Waals surface area contributed by atoms with Gasteiger partial charge in [-0.05, 0) is 61.4 Å². The van der Waals surface area contributed by atoms with Gasteiger partial charge in [-0.2, -0.15) is 5.10 Å². The van der Waals surface area contributed by atoms with Crippen LogP contribution in [0.4, 0.5) is 0 Å². The average molecular weight is 325 g/mol. The molecule has 24 heavy (non-hydrogen) atoms. The molecule has 1 amide bonds. The van der Waals surface area contributed by atoms with Crippen LogP contribution in [0.3, 0.4) is 0 Å². The maximum Gasteiger partial charge on any atom is 0.260 e. The fraction of sp³-hybridized carbons (Fsp3) is 0.474. The lowest BCUT2D eigenvalue weighted by Crippen LogP contribution is -2.40. The molecule has 5 nitrogen and oxygen atoms in total. The predicted molar refractivity (Wildman–Crippen MR) is 90.9 cm³/mol. The molecule has 0 N–H and O–H groups in total. The van der Waals surface area contributed by atoms with E-state index in [1.165, 1.54) is 17.5 Å². The first kappa shape index (κ1) is 15.2. The number of benzene rings is 1. The molecular formula is C19H23N3O2. The normalized spacial score (nSPS) is 19.5. The molecule has 1 aliphatic heterocycles. The third-order valence-corrected chi connectivity index (χ3v) is 5.09. The SMILES string of the molecule is O=C(COc1ccc2c(c1)CCC2)N1CCC[C@@H]1Cn1cccn1. The molecule has 0 unspecified atom stereocenters. The Hall–Kier alpha value is -2.30. The zero-order valence-electron chi connectivity index (χ0n) is 13.9. The number of aryl methyl sites for hydroxylation is 2. The third kappa shape index (κ3) is 3.16. The number of nitrogens with zero attached hydrogens (tertiary/aromatic N) is 3. The Morgan fingerprint density at radius 1 is 1.25 bits per heavy atom. The van der Waals surface area contributed by atoms with Gasteiger partial charge in [0.15, 0.2) is 6.61 Å². The summed E-state index contributed by atoms with van der Waals surface area (Å²) < 4.78 is 7.68.